The fourth-order valence-corrected chi connectivity index (χ4v) is 7.32. The molecule has 48 heavy (non-hydrogen) atoms. The van der Waals surface area contributed by atoms with E-state index in [0.717, 1.165) is 10.1 Å². The number of aliphatic hydroxyl groups excluding tert-OH is 1. The number of phenols is 1. The highest BCUT2D eigenvalue weighted by atomic mass is 32.2. The quantitative estimate of drug-likeness (QED) is 0.148. The van der Waals surface area contributed by atoms with Gasteiger partial charge in [0.05, 0.1) is 35.5 Å². The maximum atomic E-state index is 14.0. The van der Waals surface area contributed by atoms with Crippen molar-refractivity contribution in [2.75, 3.05) is 13.1 Å². The first-order chi connectivity index (χ1) is 22.7. The lowest BCUT2D eigenvalue weighted by molar-refractivity contribution is -0.127. The van der Waals surface area contributed by atoms with Crippen LogP contribution in [0.25, 0.3) is 0 Å². The number of aryl methyl sites for hydroxylation is 1. The molecule has 0 bridgehead atoms. The maximum Gasteiger partial charge on any atom is 0.332 e. The van der Waals surface area contributed by atoms with Gasteiger partial charge in [0.15, 0.2) is 0 Å². The molecule has 13 heteroatoms. The van der Waals surface area contributed by atoms with E-state index < -0.39 is 45.7 Å². The molecule has 1 amide bonds. The molecule has 0 aliphatic rings. The molecular formula is C35H45N5O7S. The number of hydrogen-bond donors (Lipinski definition) is 4. The van der Waals surface area contributed by atoms with Crippen molar-refractivity contribution in [2.24, 2.45) is 11.8 Å². The minimum atomic E-state index is -4.10. The molecule has 0 fully saturated rings. The molecule has 0 radical (unpaired) electrons. The number of pyridine rings is 1. The summed E-state index contributed by atoms with van der Waals surface area (Å²) in [6, 6.07) is 16.4. The zero-order valence-electron chi connectivity index (χ0n) is 27.9. The molecule has 4 rings (SSSR count). The van der Waals surface area contributed by atoms with Gasteiger partial charge in [-0.2, -0.15) is 4.31 Å². The van der Waals surface area contributed by atoms with Crippen molar-refractivity contribution in [3.8, 4) is 11.6 Å². The second-order valence-corrected chi connectivity index (χ2v) is 14.7. The molecule has 0 saturated carbocycles. The Morgan fingerprint density at radius 3 is 2.27 bits per heavy atom. The first-order valence-corrected chi connectivity index (χ1v) is 17.4. The Bertz CT molecular complexity index is 1840. The van der Waals surface area contributed by atoms with Crippen LogP contribution in [-0.4, -0.2) is 73.3 Å². The summed E-state index contributed by atoms with van der Waals surface area (Å²) in [5.41, 5.74) is 1.13. The molecule has 2 aromatic heterocycles. The number of nitrogens with zero attached hydrogens (tertiary/aromatic N) is 4. The molecule has 258 valence electrons. The third kappa shape index (κ3) is 8.71. The molecule has 0 unspecified atom stereocenters. The summed E-state index contributed by atoms with van der Waals surface area (Å²) in [5, 5.41) is 35.3. The Balaban J connectivity index is 1.66. The third-order valence-corrected chi connectivity index (χ3v) is 9.91. The molecule has 3 atom stereocenters. The van der Waals surface area contributed by atoms with Gasteiger partial charge in [0, 0.05) is 19.3 Å². The lowest BCUT2D eigenvalue weighted by Crippen LogP contribution is -2.53. The minimum Gasteiger partial charge on any atom is -0.508 e. The van der Waals surface area contributed by atoms with E-state index in [9.17, 15) is 33.3 Å². The van der Waals surface area contributed by atoms with Gasteiger partial charge in [-0.1, -0.05) is 64.1 Å². The molecule has 0 aliphatic heterocycles. The van der Waals surface area contributed by atoms with E-state index in [0.29, 0.717) is 11.3 Å². The standard InChI is InChI=1S/C35H45N5O7S/c1-23(2)19-38(48(46,47)28-14-15-30(41)25(5)17-28)21-31(42)29(18-26-11-7-6-8-12-26)37-34(44)33(24(3)4)40-22-32(43)39(35(40)45)20-27-13-9-10-16-36-27/h6-17,22-24,29,31,33,41-43H,18-21H2,1-5H3,(H,37,44)/t29-,31+,33-/m0/s1. The Morgan fingerprint density at radius 1 is 0.979 bits per heavy atom. The van der Waals surface area contributed by atoms with Crippen LogP contribution < -0.4 is 11.0 Å². The first-order valence-electron chi connectivity index (χ1n) is 15.9. The highest BCUT2D eigenvalue weighted by Gasteiger charge is 2.34. The summed E-state index contributed by atoms with van der Waals surface area (Å²) in [5.74, 6) is -1.43. The lowest BCUT2D eigenvalue weighted by Gasteiger charge is -2.32. The molecule has 12 nitrogen and oxygen atoms in total. The average molecular weight is 680 g/mol. The van der Waals surface area contributed by atoms with Gasteiger partial charge < -0.3 is 20.6 Å². The first kappa shape index (κ1) is 36.4. The Kier molecular flexibility index (Phi) is 11.8. The van der Waals surface area contributed by atoms with Gasteiger partial charge >= 0.3 is 5.69 Å². The van der Waals surface area contributed by atoms with Crippen LogP contribution in [0.2, 0.25) is 0 Å². The van der Waals surface area contributed by atoms with Crippen molar-refractivity contribution in [1.29, 1.82) is 0 Å². The average Bonchev–Trinajstić information content (AvgIpc) is 3.30. The van der Waals surface area contributed by atoms with Gasteiger partial charge in [-0.3, -0.25) is 18.9 Å². The number of carbonyl (C=O) groups excluding carboxylic acids is 1. The largest absolute Gasteiger partial charge is 0.508 e. The molecule has 0 spiro atoms. The molecule has 0 saturated heterocycles. The predicted molar refractivity (Wildman–Crippen MR) is 182 cm³/mol. The number of carbonyl (C=O) groups is 1. The fourth-order valence-electron chi connectivity index (χ4n) is 5.61. The number of aromatic nitrogens is 3. The smallest absolute Gasteiger partial charge is 0.332 e. The summed E-state index contributed by atoms with van der Waals surface area (Å²) in [6.45, 7) is 8.63. The van der Waals surface area contributed by atoms with Crippen LogP contribution in [0, 0.1) is 18.8 Å². The van der Waals surface area contributed by atoms with Crippen LogP contribution >= 0.6 is 0 Å². The van der Waals surface area contributed by atoms with E-state index in [1.807, 2.05) is 44.2 Å². The van der Waals surface area contributed by atoms with Crippen molar-refractivity contribution in [1.82, 2.24) is 23.7 Å². The van der Waals surface area contributed by atoms with Crippen molar-refractivity contribution in [3.05, 3.63) is 106 Å². The molecular weight excluding hydrogens is 634 g/mol. The normalized spacial score (nSPS) is 13.9. The highest BCUT2D eigenvalue weighted by Crippen LogP contribution is 2.25. The van der Waals surface area contributed by atoms with Crippen molar-refractivity contribution < 1.29 is 28.5 Å². The van der Waals surface area contributed by atoms with Crippen LogP contribution in [0.4, 0.5) is 0 Å². The SMILES string of the molecule is Cc1cc(S(=O)(=O)N(CC(C)C)C[C@@H](O)[C@H](Cc2ccccc2)NC(=O)[C@H](C(C)C)n2cc(O)n(Cc3ccccn3)c2=O)ccc1O. The fraction of sp³-hybridized carbons (Fsp3) is 0.400. The summed E-state index contributed by atoms with van der Waals surface area (Å²) in [4.78, 5) is 31.7. The van der Waals surface area contributed by atoms with Gasteiger partial charge in [-0.05, 0) is 66.6 Å². The highest BCUT2D eigenvalue weighted by molar-refractivity contribution is 7.89. The van der Waals surface area contributed by atoms with E-state index >= 15 is 0 Å². The number of aliphatic hydroxyl groups is 1. The number of imidazole rings is 1. The topological polar surface area (TPSA) is 167 Å². The van der Waals surface area contributed by atoms with Crippen molar-refractivity contribution >= 4 is 15.9 Å². The van der Waals surface area contributed by atoms with E-state index in [-0.39, 0.29) is 48.5 Å². The van der Waals surface area contributed by atoms with E-state index in [2.05, 4.69) is 10.3 Å². The number of rotatable bonds is 15. The van der Waals surface area contributed by atoms with E-state index in [1.54, 1.807) is 45.2 Å². The zero-order chi connectivity index (χ0) is 35.2. The monoisotopic (exact) mass is 679 g/mol. The number of benzene rings is 2. The Hall–Kier alpha value is -4.46. The number of sulfonamides is 1. The Labute approximate surface area is 281 Å². The van der Waals surface area contributed by atoms with E-state index in [4.69, 9.17) is 0 Å². The zero-order valence-corrected chi connectivity index (χ0v) is 28.7. The van der Waals surface area contributed by atoms with Crippen molar-refractivity contribution in [3.63, 3.8) is 0 Å². The summed E-state index contributed by atoms with van der Waals surface area (Å²) in [7, 11) is -4.10. The number of nitrogens with one attached hydrogen (secondary N) is 1. The third-order valence-electron chi connectivity index (χ3n) is 8.09. The second kappa shape index (κ2) is 15.6. The number of aromatic hydroxyl groups is 2. The van der Waals surface area contributed by atoms with Gasteiger partial charge in [-0.25, -0.2) is 13.2 Å². The number of hydrogen-bond acceptors (Lipinski definition) is 8. The van der Waals surface area contributed by atoms with Gasteiger partial charge in [0.2, 0.25) is 21.8 Å². The minimum absolute atomic E-state index is 0.000995. The van der Waals surface area contributed by atoms with Crippen LogP contribution in [0.15, 0.2) is 88.8 Å². The molecule has 0 aliphatic carbocycles. The van der Waals surface area contributed by atoms with Gasteiger partial charge in [0.1, 0.15) is 11.8 Å². The molecule has 4 N–H and O–H groups in total. The summed E-state index contributed by atoms with van der Waals surface area (Å²) >= 11 is 0. The van der Waals surface area contributed by atoms with Crippen LogP contribution in [0.1, 0.15) is 50.6 Å². The Morgan fingerprint density at radius 2 is 1.67 bits per heavy atom. The van der Waals surface area contributed by atoms with E-state index in [1.165, 1.54) is 33.3 Å². The number of amides is 1. The maximum absolute atomic E-state index is 14.0. The lowest BCUT2D eigenvalue weighted by atomic mass is 9.98. The summed E-state index contributed by atoms with van der Waals surface area (Å²) < 4.78 is 31.2. The van der Waals surface area contributed by atoms with Gasteiger partial charge in [-0.15, -0.1) is 0 Å². The second-order valence-electron chi connectivity index (χ2n) is 12.8. The number of phenolic OH excluding ortho intramolecular Hbond substituents is 1. The molecule has 4 aromatic rings. The van der Waals surface area contributed by atoms with Crippen LogP contribution in [0.3, 0.4) is 0 Å². The molecule has 2 aromatic carbocycles. The van der Waals surface area contributed by atoms with Gasteiger partial charge in [0.25, 0.3) is 0 Å². The molecule has 2 heterocycles. The van der Waals surface area contributed by atoms with Crippen molar-refractivity contribution in [2.45, 2.75) is 70.7 Å². The van der Waals surface area contributed by atoms with Crippen LogP contribution in [-0.2, 0) is 27.8 Å². The summed E-state index contributed by atoms with van der Waals surface area (Å²) in [6.07, 6.45) is 1.62. The predicted octanol–water partition coefficient (Wildman–Crippen LogP) is 3.45. The van der Waals surface area contributed by atoms with Crippen LogP contribution in [0.5, 0.6) is 11.6 Å².